The number of rotatable bonds is 3. The van der Waals surface area contributed by atoms with Gasteiger partial charge in [-0.3, -0.25) is 4.79 Å². The molecule has 5 amide bonds. The molecule has 1 aromatic carbocycles. The van der Waals surface area contributed by atoms with Gasteiger partial charge in [-0.25, -0.2) is 14.5 Å². The normalized spacial score (nSPS) is 23.0. The lowest BCUT2D eigenvalue weighted by molar-refractivity contribution is -0.120. The summed E-state index contributed by atoms with van der Waals surface area (Å²) in [5, 5.41) is 6.20. The molecule has 0 spiro atoms. The molecule has 7 nitrogen and oxygen atoms in total. The van der Waals surface area contributed by atoms with Crippen molar-refractivity contribution < 1.29 is 14.4 Å². The molecule has 0 radical (unpaired) electrons. The lowest BCUT2D eigenvalue weighted by Gasteiger charge is -2.32. The summed E-state index contributed by atoms with van der Waals surface area (Å²) in [6, 6.07) is 5.40. The molecule has 1 aromatic rings. The van der Waals surface area contributed by atoms with E-state index in [2.05, 4.69) is 10.6 Å². The van der Waals surface area contributed by atoms with Gasteiger partial charge in [-0.1, -0.05) is 11.6 Å². The van der Waals surface area contributed by atoms with Gasteiger partial charge < -0.3 is 15.5 Å². The summed E-state index contributed by atoms with van der Waals surface area (Å²) in [6.07, 6.45) is 1.04. The Morgan fingerprint density at radius 1 is 1.24 bits per heavy atom. The highest BCUT2D eigenvalue weighted by Crippen LogP contribution is 2.31. The van der Waals surface area contributed by atoms with Gasteiger partial charge in [0.15, 0.2) is 0 Å². The molecule has 0 bridgehead atoms. The predicted octanol–water partition coefficient (Wildman–Crippen LogP) is 2.35. The van der Waals surface area contributed by atoms with Crippen molar-refractivity contribution in [2.24, 2.45) is 0 Å². The van der Waals surface area contributed by atoms with Crippen molar-refractivity contribution in [1.82, 2.24) is 15.5 Å². The van der Waals surface area contributed by atoms with E-state index < -0.39 is 6.04 Å². The van der Waals surface area contributed by atoms with Crippen LogP contribution in [-0.4, -0.2) is 47.5 Å². The van der Waals surface area contributed by atoms with Crippen molar-refractivity contribution in [3.8, 4) is 0 Å². The van der Waals surface area contributed by atoms with Crippen LogP contribution in [0.15, 0.2) is 24.3 Å². The number of carbonyl (C=O) groups excluding carboxylic acids is 3. The van der Waals surface area contributed by atoms with Crippen LogP contribution in [0.2, 0.25) is 5.02 Å². The Kier molecular flexibility index (Phi) is 4.85. The van der Waals surface area contributed by atoms with Gasteiger partial charge in [-0.05, 0) is 51.0 Å². The molecular formula is C17H21ClN4O3. The second-order valence-corrected chi connectivity index (χ2v) is 7.07. The summed E-state index contributed by atoms with van der Waals surface area (Å²) in [6.45, 7) is 4.20. The number of halogens is 1. The maximum absolute atomic E-state index is 12.7. The number of amides is 5. The third-order valence-electron chi connectivity index (χ3n) is 4.38. The second-order valence-electron chi connectivity index (χ2n) is 6.64. The highest BCUT2D eigenvalue weighted by Gasteiger charge is 2.48. The molecule has 2 N–H and O–H groups in total. The Bertz CT molecular complexity index is 692. The van der Waals surface area contributed by atoms with Crippen LogP contribution in [-0.2, 0) is 4.79 Å². The minimum Gasteiger partial charge on any atom is -0.336 e. The highest BCUT2D eigenvalue weighted by atomic mass is 35.5. The Hall–Kier alpha value is -2.28. The molecule has 2 fully saturated rings. The molecule has 134 valence electrons. The van der Waals surface area contributed by atoms with Gasteiger partial charge >= 0.3 is 12.1 Å². The zero-order valence-corrected chi connectivity index (χ0v) is 14.9. The van der Waals surface area contributed by atoms with Gasteiger partial charge in [-0.2, -0.15) is 0 Å². The quantitative estimate of drug-likeness (QED) is 0.808. The van der Waals surface area contributed by atoms with Gasteiger partial charge in [0, 0.05) is 23.7 Å². The summed E-state index contributed by atoms with van der Waals surface area (Å²) in [4.78, 5) is 40.0. The minimum absolute atomic E-state index is 0.0372. The molecule has 25 heavy (non-hydrogen) atoms. The molecule has 2 aliphatic rings. The zero-order chi connectivity index (χ0) is 18.1. The van der Waals surface area contributed by atoms with Crippen LogP contribution in [0.1, 0.15) is 26.7 Å². The third kappa shape index (κ3) is 3.56. The van der Waals surface area contributed by atoms with Gasteiger partial charge in [-0.15, -0.1) is 0 Å². The van der Waals surface area contributed by atoms with Crippen LogP contribution < -0.4 is 15.5 Å². The Labute approximate surface area is 151 Å². The highest BCUT2D eigenvalue weighted by molar-refractivity contribution is 6.30. The van der Waals surface area contributed by atoms with Crippen LogP contribution in [0.25, 0.3) is 0 Å². The minimum atomic E-state index is -0.540. The topological polar surface area (TPSA) is 81.8 Å². The predicted molar refractivity (Wildman–Crippen MR) is 94.7 cm³/mol. The first-order valence-corrected chi connectivity index (χ1v) is 8.72. The smallest absolute Gasteiger partial charge is 0.332 e. The van der Waals surface area contributed by atoms with E-state index in [1.165, 1.54) is 4.90 Å². The fraction of sp³-hybridized carbons (Fsp3) is 0.471. The van der Waals surface area contributed by atoms with Crippen LogP contribution in [0, 0.1) is 0 Å². The average molecular weight is 365 g/mol. The van der Waals surface area contributed by atoms with Crippen molar-refractivity contribution in [3.05, 3.63) is 29.3 Å². The number of hydrogen-bond donors (Lipinski definition) is 2. The van der Waals surface area contributed by atoms with E-state index in [-0.39, 0.29) is 30.1 Å². The molecule has 0 saturated carbocycles. The maximum atomic E-state index is 12.7. The molecule has 0 aliphatic carbocycles. The van der Waals surface area contributed by atoms with E-state index in [9.17, 15) is 14.4 Å². The molecule has 3 rings (SSSR count). The third-order valence-corrected chi connectivity index (χ3v) is 4.64. The first-order chi connectivity index (χ1) is 11.9. The largest absolute Gasteiger partial charge is 0.336 e. The Balaban J connectivity index is 1.71. The van der Waals surface area contributed by atoms with Crippen molar-refractivity contribution in [2.45, 2.75) is 44.8 Å². The monoisotopic (exact) mass is 364 g/mol. The fourth-order valence-corrected chi connectivity index (χ4v) is 3.37. The number of nitrogens with zero attached hydrogens (tertiary/aromatic N) is 2. The summed E-state index contributed by atoms with van der Waals surface area (Å²) in [7, 11) is 0. The van der Waals surface area contributed by atoms with Crippen LogP contribution in [0.5, 0.6) is 0 Å². The number of nitrogens with one attached hydrogen (secondary N) is 2. The van der Waals surface area contributed by atoms with Crippen molar-refractivity contribution >= 4 is 35.3 Å². The molecule has 2 atom stereocenters. The van der Waals surface area contributed by atoms with E-state index in [1.54, 1.807) is 29.2 Å². The van der Waals surface area contributed by atoms with Gasteiger partial charge in [0.1, 0.15) is 6.04 Å². The van der Waals surface area contributed by atoms with E-state index in [4.69, 9.17) is 11.6 Å². The summed E-state index contributed by atoms with van der Waals surface area (Å²) in [5.41, 5.74) is 0.510. The van der Waals surface area contributed by atoms with E-state index in [0.29, 0.717) is 30.1 Å². The lowest BCUT2D eigenvalue weighted by Crippen LogP contribution is -2.52. The molecule has 2 saturated heterocycles. The van der Waals surface area contributed by atoms with Crippen molar-refractivity contribution in [1.29, 1.82) is 0 Å². The maximum Gasteiger partial charge on any atom is 0.332 e. The van der Waals surface area contributed by atoms with Crippen LogP contribution in [0.4, 0.5) is 15.3 Å². The summed E-state index contributed by atoms with van der Waals surface area (Å²) < 4.78 is 0. The summed E-state index contributed by atoms with van der Waals surface area (Å²) >= 11 is 5.87. The molecule has 2 aliphatic heterocycles. The number of fused-ring (bicyclic) bond motifs is 1. The van der Waals surface area contributed by atoms with E-state index in [0.717, 1.165) is 0 Å². The Morgan fingerprint density at radius 2 is 1.92 bits per heavy atom. The second kappa shape index (κ2) is 6.92. The van der Waals surface area contributed by atoms with Crippen LogP contribution >= 0.6 is 11.6 Å². The molecule has 0 unspecified atom stereocenters. The zero-order valence-electron chi connectivity index (χ0n) is 14.2. The summed E-state index contributed by atoms with van der Waals surface area (Å²) in [5.74, 6) is -0.261. The number of carbonyl (C=O) groups is 3. The van der Waals surface area contributed by atoms with Gasteiger partial charge in [0.2, 0.25) is 0 Å². The molecular weight excluding hydrogens is 344 g/mol. The van der Waals surface area contributed by atoms with Crippen molar-refractivity contribution in [2.75, 3.05) is 11.4 Å². The fourth-order valence-electron chi connectivity index (χ4n) is 3.25. The number of hydrogen-bond acceptors (Lipinski definition) is 3. The van der Waals surface area contributed by atoms with E-state index in [1.807, 2.05) is 13.8 Å². The SMILES string of the molecule is CC(C)NC(=O)N[C@@H]1CCN2C(=O)N(c3ccc(Cl)cc3)C(=O)[C@@H]2C1. The van der Waals surface area contributed by atoms with E-state index >= 15 is 0 Å². The van der Waals surface area contributed by atoms with Gasteiger partial charge in [0.25, 0.3) is 5.91 Å². The standard InChI is InChI=1S/C17H21ClN4O3/c1-10(2)19-16(24)20-12-7-8-21-14(9-12)15(23)22(17(21)25)13-5-3-11(18)4-6-13/h3-6,10,12,14H,7-9H2,1-2H3,(H2,19,20,24)/t12-,14+/m1/s1. The molecule has 0 aromatic heterocycles. The average Bonchev–Trinajstić information content (AvgIpc) is 2.79. The van der Waals surface area contributed by atoms with Gasteiger partial charge in [0.05, 0.1) is 5.69 Å². The lowest BCUT2D eigenvalue weighted by atomic mass is 9.98. The number of piperidine rings is 1. The Morgan fingerprint density at radius 3 is 2.56 bits per heavy atom. The molecule has 8 heteroatoms. The first kappa shape index (κ1) is 17.5. The molecule has 2 heterocycles. The number of anilines is 1. The number of imide groups is 1. The number of urea groups is 2. The number of benzene rings is 1. The first-order valence-electron chi connectivity index (χ1n) is 8.34. The van der Waals surface area contributed by atoms with Crippen LogP contribution in [0.3, 0.4) is 0 Å². The van der Waals surface area contributed by atoms with Crippen molar-refractivity contribution in [3.63, 3.8) is 0 Å².